The number of hydrogen-bond acceptors (Lipinski definition) is 3. The largest absolute Gasteiger partial charge is 0.305 e. The summed E-state index contributed by atoms with van der Waals surface area (Å²) >= 11 is 1.86. The Morgan fingerprint density at radius 2 is 1.51 bits per heavy atom. The molecule has 1 atom stereocenters. The highest BCUT2D eigenvalue weighted by Gasteiger charge is 2.19. The Morgan fingerprint density at radius 1 is 0.744 bits per heavy atom. The molecule has 2 aromatic heterocycles. The van der Waals surface area contributed by atoms with Crippen molar-refractivity contribution in [3.8, 4) is 11.1 Å². The summed E-state index contributed by atoms with van der Waals surface area (Å²) in [6.45, 7) is 0. The van der Waals surface area contributed by atoms with Crippen LogP contribution in [-0.2, 0) is 0 Å². The molecule has 2 heterocycles. The van der Waals surface area contributed by atoms with Gasteiger partial charge in [0.1, 0.15) is 0 Å². The summed E-state index contributed by atoms with van der Waals surface area (Å²) in [5.41, 5.74) is 10.9. The van der Waals surface area contributed by atoms with E-state index in [-0.39, 0.29) is 5.92 Å². The van der Waals surface area contributed by atoms with Crippen molar-refractivity contribution in [1.82, 2.24) is 4.68 Å². The number of aromatic nitrogens is 1. The first kappa shape index (κ1) is 25.5. The van der Waals surface area contributed by atoms with Crippen LogP contribution in [0.1, 0.15) is 12.0 Å². The highest BCUT2D eigenvalue weighted by atomic mass is 32.1. The summed E-state index contributed by atoms with van der Waals surface area (Å²) < 4.78 is 4.82. The third kappa shape index (κ3) is 4.48. The minimum absolute atomic E-state index is 0.0616. The van der Waals surface area contributed by atoms with Gasteiger partial charge in [0.25, 0.3) is 0 Å². The van der Waals surface area contributed by atoms with E-state index in [4.69, 9.17) is 5.41 Å². The van der Waals surface area contributed by atoms with Gasteiger partial charge in [-0.05, 0) is 47.4 Å². The molecule has 0 aliphatic heterocycles. The van der Waals surface area contributed by atoms with E-state index >= 15 is 0 Å². The maximum absolute atomic E-state index is 9.02. The Labute approximate surface area is 254 Å². The maximum Gasteiger partial charge on any atom is 0.0724 e. The van der Waals surface area contributed by atoms with Gasteiger partial charge in [-0.25, -0.2) is 0 Å². The number of allylic oxidation sites excluding steroid dienone is 5. The van der Waals surface area contributed by atoms with Crippen LogP contribution in [0.3, 0.4) is 0 Å². The van der Waals surface area contributed by atoms with Crippen molar-refractivity contribution in [2.75, 3.05) is 5.43 Å². The quantitative estimate of drug-likeness (QED) is 0.192. The lowest BCUT2D eigenvalue weighted by atomic mass is 9.94. The number of nitrogens with one attached hydrogen (secondary N) is 2. The third-order valence-electron chi connectivity index (χ3n) is 8.38. The van der Waals surface area contributed by atoms with Gasteiger partial charge in [0, 0.05) is 42.6 Å². The average Bonchev–Trinajstić information content (AvgIpc) is 3.61. The first-order valence-corrected chi connectivity index (χ1v) is 15.5. The first-order valence-electron chi connectivity index (χ1n) is 14.6. The fourth-order valence-electron chi connectivity index (χ4n) is 6.21. The minimum atomic E-state index is 0.0616. The molecule has 1 unspecified atom stereocenters. The molecular weight excluding hydrogens is 543 g/mol. The van der Waals surface area contributed by atoms with Crippen LogP contribution in [0.25, 0.3) is 58.8 Å². The fourth-order valence-corrected chi connectivity index (χ4v) is 7.46. The van der Waals surface area contributed by atoms with E-state index in [0.29, 0.717) is 5.71 Å². The molecule has 0 bridgehead atoms. The van der Waals surface area contributed by atoms with Gasteiger partial charge in [0.15, 0.2) is 0 Å². The highest BCUT2D eigenvalue weighted by Crippen LogP contribution is 2.43. The normalized spacial score (nSPS) is 15.2. The van der Waals surface area contributed by atoms with Gasteiger partial charge in [-0.15, -0.1) is 11.3 Å². The van der Waals surface area contributed by atoms with Crippen molar-refractivity contribution < 1.29 is 0 Å². The molecule has 0 fully saturated rings. The van der Waals surface area contributed by atoms with E-state index in [0.717, 1.165) is 28.7 Å². The summed E-state index contributed by atoms with van der Waals surface area (Å²) in [7, 11) is 0. The summed E-state index contributed by atoms with van der Waals surface area (Å²) in [6.07, 6.45) is 11.2. The third-order valence-corrected chi connectivity index (χ3v) is 9.58. The lowest BCUT2D eigenvalue weighted by Crippen LogP contribution is -2.16. The van der Waals surface area contributed by atoms with Gasteiger partial charge in [-0.1, -0.05) is 121 Å². The number of fused-ring (bicyclic) bond motifs is 7. The molecule has 8 rings (SSSR count). The van der Waals surface area contributed by atoms with Crippen LogP contribution in [-0.4, -0.2) is 10.4 Å². The first-order chi connectivity index (χ1) is 21.2. The molecule has 206 valence electrons. The molecule has 7 aromatic rings. The van der Waals surface area contributed by atoms with Gasteiger partial charge < -0.3 is 5.41 Å². The molecule has 2 N–H and O–H groups in total. The van der Waals surface area contributed by atoms with Gasteiger partial charge in [-0.2, -0.15) is 0 Å². The Bertz CT molecular complexity index is 2250. The standard InChI is InChI=1S/C39H29N3S/c40-33(27-14-6-2-7-15-27)25-34(28-16-8-3-9-17-28)41-42-35-23-22-31-30-18-10-11-19-37(30)43-39(31)38(35)32-21-20-29(24-36(32)42)26-12-4-1-5-13-26/h1-14,16-25,27,40-41H,15H2/b34-25-,40-33?. The summed E-state index contributed by atoms with van der Waals surface area (Å²) in [6, 6.07) is 40.9. The second kappa shape index (κ2) is 10.6. The second-order valence-electron chi connectivity index (χ2n) is 11.0. The number of thiophene rings is 1. The van der Waals surface area contributed by atoms with E-state index in [1.807, 2.05) is 29.6 Å². The van der Waals surface area contributed by atoms with Crippen LogP contribution < -0.4 is 5.43 Å². The van der Waals surface area contributed by atoms with E-state index in [9.17, 15) is 0 Å². The van der Waals surface area contributed by atoms with Crippen LogP contribution >= 0.6 is 11.3 Å². The molecule has 5 aromatic carbocycles. The van der Waals surface area contributed by atoms with E-state index in [1.165, 1.54) is 42.1 Å². The number of hydrogen-bond donors (Lipinski definition) is 2. The zero-order chi connectivity index (χ0) is 28.8. The molecule has 1 aliphatic rings. The molecule has 1 aliphatic carbocycles. The van der Waals surface area contributed by atoms with E-state index < -0.39 is 0 Å². The lowest BCUT2D eigenvalue weighted by molar-refractivity contribution is 0.866. The van der Waals surface area contributed by atoms with Gasteiger partial charge in [-0.3, -0.25) is 10.1 Å². The Balaban J connectivity index is 1.38. The molecule has 0 spiro atoms. The molecule has 43 heavy (non-hydrogen) atoms. The number of nitrogens with zero attached hydrogens (tertiary/aromatic N) is 1. The van der Waals surface area contributed by atoms with Crippen LogP contribution in [0, 0.1) is 11.3 Å². The van der Waals surface area contributed by atoms with Crippen molar-refractivity contribution in [2.45, 2.75) is 6.42 Å². The summed E-state index contributed by atoms with van der Waals surface area (Å²) in [5.74, 6) is 0.0616. The molecule has 0 saturated heterocycles. The number of rotatable bonds is 6. The highest BCUT2D eigenvalue weighted by molar-refractivity contribution is 7.26. The fraction of sp³-hybridized carbons (Fsp3) is 0.0513. The molecule has 4 heteroatoms. The molecule has 0 saturated carbocycles. The zero-order valence-electron chi connectivity index (χ0n) is 23.5. The SMILES string of the molecule is N=C(/C=C(\Nn1c2cc(-c3ccccc3)ccc2c2c3sc4ccccc4c3ccc21)c1ccccc1)C1C=CC=CC1. The number of benzene rings is 5. The topological polar surface area (TPSA) is 40.8 Å². The molecule has 0 radical (unpaired) electrons. The van der Waals surface area contributed by atoms with Gasteiger partial charge in [0.05, 0.1) is 16.7 Å². The zero-order valence-corrected chi connectivity index (χ0v) is 24.3. The van der Waals surface area contributed by atoms with Crippen LogP contribution in [0.4, 0.5) is 0 Å². The Hall–Kier alpha value is -5.19. The summed E-state index contributed by atoms with van der Waals surface area (Å²) in [5, 5.41) is 14.1. The van der Waals surface area contributed by atoms with Crippen molar-refractivity contribution >= 4 is 64.7 Å². The van der Waals surface area contributed by atoms with Crippen molar-refractivity contribution in [3.63, 3.8) is 0 Å². The predicted molar refractivity (Wildman–Crippen MR) is 186 cm³/mol. The van der Waals surface area contributed by atoms with Crippen molar-refractivity contribution in [2.24, 2.45) is 5.92 Å². The minimum Gasteiger partial charge on any atom is -0.305 e. The molecule has 0 amide bonds. The van der Waals surface area contributed by atoms with Crippen LogP contribution in [0.2, 0.25) is 0 Å². The van der Waals surface area contributed by atoms with Crippen molar-refractivity contribution in [1.29, 1.82) is 5.41 Å². The summed E-state index contributed by atoms with van der Waals surface area (Å²) in [4.78, 5) is 0. The Kier molecular flexibility index (Phi) is 6.27. The van der Waals surface area contributed by atoms with Crippen LogP contribution in [0.5, 0.6) is 0 Å². The van der Waals surface area contributed by atoms with E-state index in [1.54, 1.807) is 0 Å². The molecule has 3 nitrogen and oxygen atoms in total. The monoisotopic (exact) mass is 571 g/mol. The Morgan fingerprint density at radius 3 is 2.33 bits per heavy atom. The predicted octanol–water partition coefficient (Wildman–Crippen LogP) is 10.6. The maximum atomic E-state index is 9.02. The van der Waals surface area contributed by atoms with Crippen molar-refractivity contribution in [3.05, 3.63) is 151 Å². The lowest BCUT2D eigenvalue weighted by Gasteiger charge is -2.18. The van der Waals surface area contributed by atoms with Gasteiger partial charge >= 0.3 is 0 Å². The smallest absolute Gasteiger partial charge is 0.0724 e. The van der Waals surface area contributed by atoms with E-state index in [2.05, 4.69) is 138 Å². The average molecular weight is 572 g/mol. The van der Waals surface area contributed by atoms with Gasteiger partial charge in [0.2, 0.25) is 0 Å². The second-order valence-corrected chi connectivity index (χ2v) is 12.1. The molecular formula is C39H29N3S. The van der Waals surface area contributed by atoms with Crippen LogP contribution in [0.15, 0.2) is 146 Å².